The van der Waals surface area contributed by atoms with Crippen LogP contribution in [0, 0.1) is 0 Å². The van der Waals surface area contributed by atoms with Gasteiger partial charge in [0.25, 0.3) is 5.91 Å². The predicted octanol–water partition coefficient (Wildman–Crippen LogP) is 2.27. The van der Waals surface area contributed by atoms with E-state index >= 15 is 0 Å². The molecule has 0 N–H and O–H groups in total. The van der Waals surface area contributed by atoms with E-state index in [0.717, 1.165) is 10.0 Å². The standard InChI is InChI=1S/C14H17BrN2O2/c1-3-16(4-2)13(18)9-17-8-10-7-11(15)5-6-12(10)14(17)19/h5-7H,3-4,8-9H2,1-2H3. The van der Waals surface area contributed by atoms with Crippen LogP contribution in [-0.2, 0) is 11.3 Å². The van der Waals surface area contributed by atoms with Crippen molar-refractivity contribution < 1.29 is 9.59 Å². The highest BCUT2D eigenvalue weighted by Gasteiger charge is 2.29. The number of hydrogen-bond donors (Lipinski definition) is 0. The van der Waals surface area contributed by atoms with Gasteiger partial charge in [0.2, 0.25) is 5.91 Å². The summed E-state index contributed by atoms with van der Waals surface area (Å²) in [5, 5.41) is 0. The minimum Gasteiger partial charge on any atom is -0.342 e. The number of hydrogen-bond acceptors (Lipinski definition) is 2. The zero-order valence-corrected chi connectivity index (χ0v) is 12.7. The van der Waals surface area contributed by atoms with Crippen LogP contribution in [0.25, 0.3) is 0 Å². The molecule has 2 amide bonds. The second kappa shape index (κ2) is 5.74. The minimum atomic E-state index is -0.0528. The lowest BCUT2D eigenvalue weighted by molar-refractivity contribution is -0.131. The normalized spacial score (nSPS) is 13.6. The summed E-state index contributed by atoms with van der Waals surface area (Å²) in [5.74, 6) is -0.0479. The van der Waals surface area contributed by atoms with E-state index in [0.29, 0.717) is 25.2 Å². The molecule has 1 aromatic carbocycles. The summed E-state index contributed by atoms with van der Waals surface area (Å²) in [6.07, 6.45) is 0. The molecule has 0 bridgehead atoms. The van der Waals surface area contributed by atoms with Gasteiger partial charge in [-0.3, -0.25) is 9.59 Å². The highest BCUT2D eigenvalue weighted by Crippen LogP contribution is 2.25. The van der Waals surface area contributed by atoms with E-state index in [9.17, 15) is 9.59 Å². The van der Waals surface area contributed by atoms with Gasteiger partial charge in [0.1, 0.15) is 6.54 Å². The molecule has 1 heterocycles. The first-order valence-corrected chi connectivity index (χ1v) is 7.21. The van der Waals surface area contributed by atoms with Crippen molar-refractivity contribution in [1.29, 1.82) is 0 Å². The first-order valence-electron chi connectivity index (χ1n) is 6.42. The predicted molar refractivity (Wildman–Crippen MR) is 76.8 cm³/mol. The highest BCUT2D eigenvalue weighted by atomic mass is 79.9. The number of likely N-dealkylation sites (N-methyl/N-ethyl adjacent to an activating group) is 1. The monoisotopic (exact) mass is 324 g/mol. The lowest BCUT2D eigenvalue weighted by atomic mass is 10.1. The van der Waals surface area contributed by atoms with E-state index in [2.05, 4.69) is 15.9 Å². The summed E-state index contributed by atoms with van der Waals surface area (Å²) in [4.78, 5) is 27.6. The number of halogens is 1. The molecule has 4 nitrogen and oxygen atoms in total. The summed E-state index contributed by atoms with van der Waals surface area (Å²) >= 11 is 3.40. The minimum absolute atomic E-state index is 0.00484. The average molecular weight is 325 g/mol. The van der Waals surface area contributed by atoms with Crippen LogP contribution in [0.1, 0.15) is 29.8 Å². The molecule has 0 aromatic heterocycles. The van der Waals surface area contributed by atoms with Gasteiger partial charge in [0, 0.05) is 29.7 Å². The average Bonchev–Trinajstić information content (AvgIpc) is 2.67. The lowest BCUT2D eigenvalue weighted by Crippen LogP contribution is -2.40. The number of rotatable bonds is 4. The van der Waals surface area contributed by atoms with Gasteiger partial charge in [-0.1, -0.05) is 15.9 Å². The fourth-order valence-corrected chi connectivity index (χ4v) is 2.73. The van der Waals surface area contributed by atoms with Crippen LogP contribution in [0.4, 0.5) is 0 Å². The van der Waals surface area contributed by atoms with E-state index in [1.54, 1.807) is 9.80 Å². The number of nitrogens with zero attached hydrogens (tertiary/aromatic N) is 2. The van der Waals surface area contributed by atoms with Crippen molar-refractivity contribution in [3.8, 4) is 0 Å². The molecule has 1 aliphatic rings. The number of carbonyl (C=O) groups is 2. The molecule has 19 heavy (non-hydrogen) atoms. The number of fused-ring (bicyclic) bond motifs is 1. The van der Waals surface area contributed by atoms with Crippen LogP contribution >= 0.6 is 15.9 Å². The van der Waals surface area contributed by atoms with Crippen LogP contribution in [0.3, 0.4) is 0 Å². The van der Waals surface area contributed by atoms with Gasteiger partial charge in [0.15, 0.2) is 0 Å². The van der Waals surface area contributed by atoms with Gasteiger partial charge in [-0.25, -0.2) is 0 Å². The summed E-state index contributed by atoms with van der Waals surface area (Å²) in [5.41, 5.74) is 1.68. The molecule has 1 aliphatic heterocycles. The SMILES string of the molecule is CCN(CC)C(=O)CN1Cc2cc(Br)ccc2C1=O. The fourth-order valence-electron chi connectivity index (χ4n) is 2.32. The Kier molecular flexibility index (Phi) is 4.24. The number of amides is 2. The first kappa shape index (κ1) is 14.1. The van der Waals surface area contributed by atoms with Crippen LogP contribution in [0.5, 0.6) is 0 Å². The Labute approximate surface area is 121 Å². The lowest BCUT2D eigenvalue weighted by Gasteiger charge is -2.22. The maximum atomic E-state index is 12.2. The Morgan fingerprint density at radius 1 is 1.37 bits per heavy atom. The van der Waals surface area contributed by atoms with Crippen molar-refractivity contribution in [2.24, 2.45) is 0 Å². The molecule has 102 valence electrons. The zero-order chi connectivity index (χ0) is 14.0. The molecule has 0 unspecified atom stereocenters. The molecular weight excluding hydrogens is 308 g/mol. The molecule has 0 saturated carbocycles. The molecule has 2 rings (SSSR count). The Hall–Kier alpha value is -1.36. The third-order valence-corrected chi connectivity index (χ3v) is 3.88. The summed E-state index contributed by atoms with van der Waals surface area (Å²) < 4.78 is 0.955. The van der Waals surface area contributed by atoms with Crippen LogP contribution in [0.2, 0.25) is 0 Å². The molecule has 5 heteroatoms. The van der Waals surface area contributed by atoms with Gasteiger partial charge in [0.05, 0.1) is 0 Å². The molecule has 0 saturated heterocycles. The number of carbonyl (C=O) groups excluding carboxylic acids is 2. The van der Waals surface area contributed by atoms with Crippen molar-refractivity contribution in [2.45, 2.75) is 20.4 Å². The van der Waals surface area contributed by atoms with Crippen LogP contribution < -0.4 is 0 Å². The van der Waals surface area contributed by atoms with E-state index in [4.69, 9.17) is 0 Å². The third kappa shape index (κ3) is 2.81. The maximum Gasteiger partial charge on any atom is 0.254 e. The molecule has 0 spiro atoms. The topological polar surface area (TPSA) is 40.6 Å². The highest BCUT2D eigenvalue weighted by molar-refractivity contribution is 9.10. The van der Waals surface area contributed by atoms with E-state index in [-0.39, 0.29) is 18.4 Å². The second-order valence-corrected chi connectivity index (χ2v) is 5.44. The van der Waals surface area contributed by atoms with Crippen molar-refractivity contribution in [2.75, 3.05) is 19.6 Å². The zero-order valence-electron chi connectivity index (χ0n) is 11.1. The molecule has 0 radical (unpaired) electrons. The van der Waals surface area contributed by atoms with Crippen molar-refractivity contribution in [3.05, 3.63) is 33.8 Å². The van der Waals surface area contributed by atoms with Gasteiger partial charge in [-0.05, 0) is 37.6 Å². The fraction of sp³-hybridized carbons (Fsp3) is 0.429. The second-order valence-electron chi connectivity index (χ2n) is 4.53. The Morgan fingerprint density at radius 2 is 2.05 bits per heavy atom. The molecule has 0 atom stereocenters. The van der Waals surface area contributed by atoms with Crippen molar-refractivity contribution in [3.63, 3.8) is 0 Å². The van der Waals surface area contributed by atoms with E-state index < -0.39 is 0 Å². The van der Waals surface area contributed by atoms with Gasteiger partial charge in [-0.15, -0.1) is 0 Å². The molecular formula is C14H17BrN2O2. The maximum absolute atomic E-state index is 12.2. The smallest absolute Gasteiger partial charge is 0.254 e. The van der Waals surface area contributed by atoms with E-state index in [1.165, 1.54) is 0 Å². The quantitative estimate of drug-likeness (QED) is 0.852. The third-order valence-electron chi connectivity index (χ3n) is 3.39. The summed E-state index contributed by atoms with van der Waals surface area (Å²) in [6, 6.07) is 5.60. The Bertz CT molecular complexity index is 512. The van der Waals surface area contributed by atoms with Gasteiger partial charge < -0.3 is 9.80 Å². The molecule has 0 fully saturated rings. The largest absolute Gasteiger partial charge is 0.342 e. The van der Waals surface area contributed by atoms with Crippen molar-refractivity contribution in [1.82, 2.24) is 9.80 Å². The number of benzene rings is 1. The molecule has 1 aromatic rings. The Balaban J connectivity index is 2.10. The summed E-state index contributed by atoms with van der Waals surface area (Å²) in [7, 11) is 0. The van der Waals surface area contributed by atoms with E-state index in [1.807, 2.05) is 32.0 Å². The Morgan fingerprint density at radius 3 is 2.68 bits per heavy atom. The van der Waals surface area contributed by atoms with Gasteiger partial charge >= 0.3 is 0 Å². The van der Waals surface area contributed by atoms with Gasteiger partial charge in [-0.2, -0.15) is 0 Å². The summed E-state index contributed by atoms with van der Waals surface area (Å²) in [6.45, 7) is 5.91. The molecule has 0 aliphatic carbocycles. The van der Waals surface area contributed by atoms with Crippen molar-refractivity contribution >= 4 is 27.7 Å². The first-order chi connectivity index (χ1) is 9.06. The van der Waals surface area contributed by atoms with Crippen LogP contribution in [0.15, 0.2) is 22.7 Å². The van der Waals surface area contributed by atoms with Crippen LogP contribution in [-0.4, -0.2) is 41.2 Å².